The smallest absolute Gasteiger partial charge is 0.416 e. The lowest BCUT2D eigenvalue weighted by Crippen LogP contribution is -2.54. The molecule has 3 atom stereocenters. The molecule has 1 aliphatic carbocycles. The highest BCUT2D eigenvalue weighted by molar-refractivity contribution is 7.89. The molecule has 0 saturated heterocycles. The molecule has 0 unspecified atom stereocenters. The third kappa shape index (κ3) is 9.76. The lowest BCUT2D eigenvalue weighted by Gasteiger charge is -2.34. The molecular formula is C38H51N3O7S. The third-order valence-corrected chi connectivity index (χ3v) is 11.3. The molecule has 49 heavy (non-hydrogen) atoms. The number of nitrogens with zero attached hydrogens (tertiary/aromatic N) is 2. The van der Waals surface area contributed by atoms with Crippen molar-refractivity contribution in [2.75, 3.05) is 20.3 Å². The van der Waals surface area contributed by atoms with E-state index in [1.807, 2.05) is 74.5 Å². The Morgan fingerprint density at radius 2 is 1.45 bits per heavy atom. The van der Waals surface area contributed by atoms with Gasteiger partial charge >= 0.3 is 6.09 Å². The van der Waals surface area contributed by atoms with Crippen LogP contribution in [0.1, 0.15) is 75.0 Å². The maximum atomic E-state index is 14.3. The fourth-order valence-electron chi connectivity index (χ4n) is 6.45. The van der Waals surface area contributed by atoms with E-state index < -0.39 is 46.1 Å². The highest BCUT2D eigenvalue weighted by Crippen LogP contribution is 2.39. The summed E-state index contributed by atoms with van der Waals surface area (Å²) in [7, 11) is -2.73. The van der Waals surface area contributed by atoms with E-state index >= 15 is 0 Å². The first-order valence-electron chi connectivity index (χ1n) is 17.1. The molecular weight excluding hydrogens is 642 g/mol. The first kappa shape index (κ1) is 38.2. The summed E-state index contributed by atoms with van der Waals surface area (Å²) in [5, 5.41) is 19.9. The van der Waals surface area contributed by atoms with Crippen LogP contribution >= 0.6 is 0 Å². The van der Waals surface area contributed by atoms with Crippen LogP contribution in [0.3, 0.4) is 0 Å². The zero-order valence-electron chi connectivity index (χ0n) is 28.7. The van der Waals surface area contributed by atoms with Crippen LogP contribution in [0.4, 0.5) is 4.79 Å². The van der Waals surface area contributed by atoms with E-state index in [1.165, 1.54) is 28.4 Å². The maximum Gasteiger partial charge on any atom is 0.416 e. The zero-order chi connectivity index (χ0) is 35.6. The van der Waals surface area contributed by atoms with Gasteiger partial charge in [-0.15, -0.1) is 0 Å². The molecule has 0 spiro atoms. The predicted molar refractivity (Wildman–Crippen MR) is 189 cm³/mol. The van der Waals surface area contributed by atoms with Gasteiger partial charge in [0.2, 0.25) is 15.9 Å². The van der Waals surface area contributed by atoms with Gasteiger partial charge in [-0.3, -0.25) is 4.79 Å². The molecule has 1 fully saturated rings. The Balaban J connectivity index is 1.57. The van der Waals surface area contributed by atoms with Crippen LogP contribution in [-0.4, -0.2) is 78.2 Å². The molecule has 3 aromatic rings. The Hall–Kier alpha value is -3.61. The molecule has 10 nitrogen and oxygen atoms in total. The Kier molecular flexibility index (Phi) is 13.9. The number of aliphatic hydroxyl groups excluding tert-OH is 2. The summed E-state index contributed by atoms with van der Waals surface area (Å²) in [4.78, 5) is 28.9. The van der Waals surface area contributed by atoms with Crippen LogP contribution in [0, 0.1) is 11.8 Å². The highest BCUT2D eigenvalue weighted by Gasteiger charge is 2.44. The van der Waals surface area contributed by atoms with Crippen molar-refractivity contribution in [3.63, 3.8) is 0 Å². The third-order valence-electron chi connectivity index (χ3n) is 9.36. The van der Waals surface area contributed by atoms with Gasteiger partial charge in [0.15, 0.2) is 0 Å². The SMILES string of the molecule is COC(=O)N(C(=O)[C@@H](N)C(c1ccccc1)c1ccccc1)[C@H](CCC[C@@H](CO)N(CCC(C)C)S(=O)(=O)c1ccc(CO)cc1)C1CC1. The van der Waals surface area contributed by atoms with E-state index in [4.69, 9.17) is 10.5 Å². The van der Waals surface area contributed by atoms with Gasteiger partial charge in [0.05, 0.1) is 31.3 Å². The summed E-state index contributed by atoms with van der Waals surface area (Å²) >= 11 is 0. The molecule has 0 heterocycles. The molecule has 11 heteroatoms. The lowest BCUT2D eigenvalue weighted by molar-refractivity contribution is -0.133. The van der Waals surface area contributed by atoms with Crippen molar-refractivity contribution in [2.24, 2.45) is 17.6 Å². The minimum atomic E-state index is -3.97. The monoisotopic (exact) mass is 693 g/mol. The molecule has 2 amide bonds. The topological polar surface area (TPSA) is 150 Å². The average molecular weight is 694 g/mol. The average Bonchev–Trinajstić information content (AvgIpc) is 3.96. The molecule has 1 aliphatic rings. The van der Waals surface area contributed by atoms with Crippen LogP contribution in [0.5, 0.6) is 0 Å². The number of aliphatic hydroxyl groups is 2. The number of methoxy groups -OCH3 is 1. The summed E-state index contributed by atoms with van der Waals surface area (Å²) in [6, 6.07) is 22.8. The molecule has 266 valence electrons. The van der Waals surface area contributed by atoms with Crippen LogP contribution in [-0.2, 0) is 26.2 Å². The molecule has 1 saturated carbocycles. The van der Waals surface area contributed by atoms with Crippen LogP contribution in [0.15, 0.2) is 89.8 Å². The number of carbonyl (C=O) groups excluding carboxylic acids is 2. The lowest BCUT2D eigenvalue weighted by atomic mass is 9.84. The van der Waals surface area contributed by atoms with Crippen molar-refractivity contribution < 1.29 is 33.0 Å². The zero-order valence-corrected chi connectivity index (χ0v) is 29.5. The highest BCUT2D eigenvalue weighted by atomic mass is 32.2. The number of hydrogen-bond acceptors (Lipinski definition) is 8. The minimum Gasteiger partial charge on any atom is -0.452 e. The molecule has 3 aromatic carbocycles. The summed E-state index contributed by atoms with van der Waals surface area (Å²) < 4.78 is 34.3. The fraction of sp³-hybridized carbons (Fsp3) is 0.474. The second kappa shape index (κ2) is 17.9. The quantitative estimate of drug-likeness (QED) is 0.163. The van der Waals surface area contributed by atoms with Crippen molar-refractivity contribution in [3.05, 3.63) is 102 Å². The van der Waals surface area contributed by atoms with Gasteiger partial charge in [0.1, 0.15) is 0 Å². The van der Waals surface area contributed by atoms with Gasteiger partial charge in [0.25, 0.3) is 0 Å². The van der Waals surface area contributed by atoms with Crippen molar-refractivity contribution >= 4 is 22.0 Å². The van der Waals surface area contributed by atoms with Crippen molar-refractivity contribution in [3.8, 4) is 0 Å². The summed E-state index contributed by atoms with van der Waals surface area (Å²) in [6.07, 6.45) is 2.66. The first-order chi connectivity index (χ1) is 23.5. The van der Waals surface area contributed by atoms with E-state index in [2.05, 4.69) is 0 Å². The molecule has 4 rings (SSSR count). The van der Waals surface area contributed by atoms with Crippen molar-refractivity contribution in [1.29, 1.82) is 0 Å². The molecule has 0 radical (unpaired) electrons. The minimum absolute atomic E-state index is 0.0699. The second-order valence-corrected chi connectivity index (χ2v) is 15.2. The summed E-state index contributed by atoms with van der Waals surface area (Å²) in [5.41, 5.74) is 9.07. The van der Waals surface area contributed by atoms with Gasteiger partial charge < -0.3 is 20.7 Å². The number of sulfonamides is 1. The van der Waals surface area contributed by atoms with Crippen LogP contribution in [0.2, 0.25) is 0 Å². The predicted octanol–water partition coefficient (Wildman–Crippen LogP) is 5.28. The normalized spacial score (nSPS) is 15.3. The van der Waals surface area contributed by atoms with Crippen LogP contribution in [0.25, 0.3) is 0 Å². The van der Waals surface area contributed by atoms with E-state index in [0.717, 1.165) is 24.0 Å². The fourth-order valence-corrected chi connectivity index (χ4v) is 8.11. The summed E-state index contributed by atoms with van der Waals surface area (Å²) in [5.74, 6) is -0.743. The van der Waals surface area contributed by atoms with Crippen molar-refractivity contribution in [2.45, 2.75) is 87.9 Å². The standard InChI is InChI=1S/C38H51N3O7S/c1-27(2)23-24-40(49(46,47)33-21-17-28(25-42)18-22-33)32(26-43)15-10-16-34(29-19-20-29)41(38(45)48-3)37(44)36(39)35(30-11-6-4-7-12-30)31-13-8-5-9-14-31/h4-9,11-14,17-18,21-22,27,29,32,34-36,42-43H,10,15-16,19-20,23-26,39H2,1-3H3/t32-,34+,36-/m0/s1. The van der Waals surface area contributed by atoms with Gasteiger partial charge in [-0.2, -0.15) is 4.31 Å². The Morgan fingerprint density at radius 1 is 0.878 bits per heavy atom. The molecule has 4 N–H and O–H groups in total. The Labute approximate surface area is 290 Å². The number of carbonyl (C=O) groups is 2. The number of amides is 2. The Morgan fingerprint density at radius 3 is 1.92 bits per heavy atom. The largest absolute Gasteiger partial charge is 0.452 e. The molecule has 0 bridgehead atoms. The first-order valence-corrected chi connectivity index (χ1v) is 18.6. The van der Waals surface area contributed by atoms with Gasteiger partial charge in [0, 0.05) is 24.5 Å². The van der Waals surface area contributed by atoms with E-state index in [-0.39, 0.29) is 36.5 Å². The number of imide groups is 1. The van der Waals surface area contributed by atoms with E-state index in [0.29, 0.717) is 31.2 Å². The molecule has 0 aliphatic heterocycles. The maximum absolute atomic E-state index is 14.3. The number of benzene rings is 3. The number of hydrogen-bond donors (Lipinski definition) is 3. The van der Waals surface area contributed by atoms with Crippen molar-refractivity contribution in [1.82, 2.24) is 9.21 Å². The number of ether oxygens (including phenoxy) is 1. The molecule has 0 aromatic heterocycles. The second-order valence-electron chi connectivity index (χ2n) is 13.3. The van der Waals surface area contributed by atoms with E-state index in [9.17, 15) is 28.2 Å². The van der Waals surface area contributed by atoms with Gasteiger partial charge in [-0.1, -0.05) is 86.6 Å². The Bertz CT molecular complexity index is 1540. The van der Waals surface area contributed by atoms with Gasteiger partial charge in [-0.25, -0.2) is 18.1 Å². The summed E-state index contributed by atoms with van der Waals surface area (Å²) in [6.45, 7) is 3.66. The van der Waals surface area contributed by atoms with Gasteiger partial charge in [-0.05, 0) is 79.2 Å². The van der Waals surface area contributed by atoms with E-state index in [1.54, 1.807) is 12.1 Å². The number of rotatable bonds is 18. The van der Waals surface area contributed by atoms with Crippen LogP contribution < -0.4 is 5.73 Å². The number of nitrogens with two attached hydrogens (primary N) is 1.